The molecule has 0 rings (SSSR count). The Morgan fingerprint density at radius 3 is 1.67 bits per heavy atom. The largest absolute Gasteiger partial charge is 0.756 e. The molecule has 302 valence electrons. The van der Waals surface area contributed by atoms with Gasteiger partial charge >= 0.3 is 11.9 Å². The molecule has 1 unspecified atom stereocenters. The highest BCUT2D eigenvalue weighted by Gasteiger charge is 2.21. The zero-order valence-electron chi connectivity index (χ0n) is 33.7. The molecule has 0 N–H and O–H groups in total. The van der Waals surface area contributed by atoms with Gasteiger partial charge in [0.1, 0.15) is 19.8 Å². The Hall–Kier alpha value is -2.03. The first-order valence-corrected chi connectivity index (χ1v) is 21.8. The van der Waals surface area contributed by atoms with Crippen LogP contribution < -0.4 is 4.89 Å². The first kappa shape index (κ1) is 50.0. The van der Waals surface area contributed by atoms with Gasteiger partial charge in [-0.3, -0.25) is 14.2 Å². The molecule has 0 heterocycles. The molecule has 0 aromatic heterocycles. The molecule has 0 spiro atoms. The molecule has 9 nitrogen and oxygen atoms in total. The molecule has 0 aliphatic rings. The molecule has 0 radical (unpaired) electrons. The number of unbranched alkanes of at least 4 members (excludes halogenated alkanes) is 14. The van der Waals surface area contributed by atoms with Gasteiger partial charge in [-0.1, -0.05) is 127 Å². The highest BCUT2D eigenvalue weighted by Crippen LogP contribution is 2.38. The van der Waals surface area contributed by atoms with Crippen LogP contribution in [0.4, 0.5) is 0 Å². The van der Waals surface area contributed by atoms with Crippen LogP contribution >= 0.6 is 7.82 Å². The maximum atomic E-state index is 12.6. The van der Waals surface area contributed by atoms with Gasteiger partial charge in [0.15, 0.2) is 6.10 Å². The lowest BCUT2D eigenvalue weighted by Crippen LogP contribution is -2.37. The molecule has 10 heteroatoms. The highest BCUT2D eigenvalue weighted by molar-refractivity contribution is 7.45. The van der Waals surface area contributed by atoms with Gasteiger partial charge in [-0.05, 0) is 64.2 Å². The SMILES string of the molecule is CCCC/C=C/CCCCCCCC(=O)O[C@@H](COC(=O)CCC/C=C/C/C=C/C/C=C/CCCCCCCC)COP(=O)([O-])OCC[N+](C)(C)C. The predicted octanol–water partition coefficient (Wildman–Crippen LogP) is 10.5. The van der Waals surface area contributed by atoms with Gasteiger partial charge in [-0.25, -0.2) is 0 Å². The molecule has 0 bridgehead atoms. The fourth-order valence-corrected chi connectivity index (χ4v) is 5.79. The number of carbonyl (C=O) groups excluding carboxylic acids is 2. The summed E-state index contributed by atoms with van der Waals surface area (Å²) in [6.45, 7) is 4.09. The number of carbonyl (C=O) groups is 2. The van der Waals surface area contributed by atoms with Crippen LogP contribution in [0.5, 0.6) is 0 Å². The number of allylic oxidation sites excluding steroid dienone is 8. The number of phosphoric acid groups is 1. The standard InChI is InChI=1S/C42H76NO8P/c1-6-8-10-12-14-16-18-19-20-21-22-23-25-26-28-30-32-34-41(44)48-38-40(39-50-52(46,47)49-37-36-43(3,4)5)51-42(45)35-33-31-29-27-24-17-15-13-11-9-7-2/h13,15,19-20,22-23,26,28,40H,6-12,14,16-18,21,24-25,27,29-39H2,1-5H3/b15-13+,20-19+,23-22+,28-26+/t40-/m0/s1. The van der Waals surface area contributed by atoms with E-state index in [4.69, 9.17) is 18.5 Å². The fourth-order valence-electron chi connectivity index (χ4n) is 5.06. The minimum Gasteiger partial charge on any atom is -0.756 e. The normalized spacial score (nSPS) is 14.2. The second kappa shape index (κ2) is 34.7. The van der Waals surface area contributed by atoms with Gasteiger partial charge in [0.2, 0.25) is 0 Å². The van der Waals surface area contributed by atoms with Gasteiger partial charge in [0.25, 0.3) is 7.82 Å². The minimum absolute atomic E-state index is 0.0414. The van der Waals surface area contributed by atoms with Crippen molar-refractivity contribution in [3.63, 3.8) is 0 Å². The van der Waals surface area contributed by atoms with Crippen molar-refractivity contribution in [2.75, 3.05) is 47.5 Å². The zero-order valence-corrected chi connectivity index (χ0v) is 34.6. The van der Waals surface area contributed by atoms with E-state index in [0.717, 1.165) is 64.2 Å². The molecular formula is C42H76NO8P. The second-order valence-corrected chi connectivity index (χ2v) is 16.1. The van der Waals surface area contributed by atoms with Crippen LogP contribution in [0, 0.1) is 0 Å². The van der Waals surface area contributed by atoms with Gasteiger partial charge in [0.05, 0.1) is 27.7 Å². The molecule has 0 aliphatic heterocycles. The number of ether oxygens (including phenoxy) is 2. The van der Waals surface area contributed by atoms with Crippen LogP contribution in [0.25, 0.3) is 0 Å². The van der Waals surface area contributed by atoms with E-state index in [2.05, 4.69) is 62.5 Å². The summed E-state index contributed by atoms with van der Waals surface area (Å²) in [5.74, 6) is -0.912. The Kier molecular flexibility index (Phi) is 33.4. The lowest BCUT2D eigenvalue weighted by Gasteiger charge is -2.28. The summed E-state index contributed by atoms with van der Waals surface area (Å²) in [5, 5.41) is 0. The molecule has 0 aliphatic carbocycles. The van der Waals surface area contributed by atoms with E-state index in [9.17, 15) is 19.0 Å². The molecule has 0 fully saturated rings. The third kappa shape index (κ3) is 37.7. The Labute approximate surface area is 318 Å². The second-order valence-electron chi connectivity index (χ2n) is 14.6. The molecule has 0 aromatic rings. The molecule has 0 saturated carbocycles. The van der Waals surface area contributed by atoms with Crippen molar-refractivity contribution in [1.82, 2.24) is 0 Å². The average molecular weight is 754 g/mol. The van der Waals surface area contributed by atoms with E-state index in [0.29, 0.717) is 23.9 Å². The van der Waals surface area contributed by atoms with Crippen molar-refractivity contribution in [3.8, 4) is 0 Å². The maximum absolute atomic E-state index is 12.6. The van der Waals surface area contributed by atoms with Crippen LogP contribution in [-0.2, 0) is 32.7 Å². The van der Waals surface area contributed by atoms with E-state index < -0.39 is 32.5 Å². The van der Waals surface area contributed by atoms with Gasteiger partial charge in [-0.15, -0.1) is 0 Å². The van der Waals surface area contributed by atoms with Gasteiger partial charge < -0.3 is 27.9 Å². The van der Waals surface area contributed by atoms with Crippen molar-refractivity contribution in [1.29, 1.82) is 0 Å². The monoisotopic (exact) mass is 754 g/mol. The number of quaternary nitrogens is 1. The minimum atomic E-state index is -4.63. The number of esters is 2. The summed E-state index contributed by atoms with van der Waals surface area (Å²) in [5.41, 5.74) is 0. The highest BCUT2D eigenvalue weighted by atomic mass is 31.2. The smallest absolute Gasteiger partial charge is 0.306 e. The third-order valence-electron chi connectivity index (χ3n) is 8.32. The van der Waals surface area contributed by atoms with Crippen LogP contribution in [-0.4, -0.2) is 70.0 Å². The summed E-state index contributed by atoms with van der Waals surface area (Å²) in [6.07, 6.45) is 38.6. The number of nitrogens with zero attached hydrogens (tertiary/aromatic N) is 1. The fraction of sp³-hybridized carbons (Fsp3) is 0.762. The summed E-state index contributed by atoms with van der Waals surface area (Å²) >= 11 is 0. The average Bonchev–Trinajstić information content (AvgIpc) is 3.09. The van der Waals surface area contributed by atoms with Crippen molar-refractivity contribution < 1.29 is 42.1 Å². The van der Waals surface area contributed by atoms with Crippen molar-refractivity contribution >= 4 is 19.8 Å². The molecule has 2 atom stereocenters. The Morgan fingerprint density at radius 2 is 1.08 bits per heavy atom. The van der Waals surface area contributed by atoms with Crippen molar-refractivity contribution in [3.05, 3.63) is 48.6 Å². The Morgan fingerprint density at radius 1 is 0.596 bits per heavy atom. The first-order chi connectivity index (χ1) is 25.0. The van der Waals surface area contributed by atoms with E-state index >= 15 is 0 Å². The van der Waals surface area contributed by atoms with Crippen molar-refractivity contribution in [2.45, 2.75) is 161 Å². The number of hydrogen-bond donors (Lipinski definition) is 0. The summed E-state index contributed by atoms with van der Waals surface area (Å²) in [4.78, 5) is 37.3. The molecule has 0 saturated heterocycles. The van der Waals surface area contributed by atoms with E-state index in [-0.39, 0.29) is 26.1 Å². The summed E-state index contributed by atoms with van der Waals surface area (Å²) in [7, 11) is 1.13. The Balaban J connectivity index is 4.49. The topological polar surface area (TPSA) is 111 Å². The molecule has 0 aromatic carbocycles. The molecular weight excluding hydrogens is 677 g/mol. The van der Waals surface area contributed by atoms with Crippen LogP contribution in [0.3, 0.4) is 0 Å². The van der Waals surface area contributed by atoms with E-state index in [1.54, 1.807) is 0 Å². The van der Waals surface area contributed by atoms with Crippen molar-refractivity contribution in [2.24, 2.45) is 0 Å². The summed E-state index contributed by atoms with van der Waals surface area (Å²) in [6, 6.07) is 0. The van der Waals surface area contributed by atoms with E-state index in [1.807, 2.05) is 21.1 Å². The zero-order chi connectivity index (χ0) is 38.6. The van der Waals surface area contributed by atoms with E-state index in [1.165, 1.54) is 51.4 Å². The molecule has 0 amide bonds. The van der Waals surface area contributed by atoms with Gasteiger partial charge in [-0.2, -0.15) is 0 Å². The Bertz CT molecular complexity index is 1030. The quantitative estimate of drug-likeness (QED) is 0.0204. The van der Waals surface area contributed by atoms with Crippen LogP contribution in [0.15, 0.2) is 48.6 Å². The van der Waals surface area contributed by atoms with Crippen LogP contribution in [0.2, 0.25) is 0 Å². The number of hydrogen-bond acceptors (Lipinski definition) is 8. The number of phosphoric ester groups is 1. The third-order valence-corrected chi connectivity index (χ3v) is 9.29. The van der Waals surface area contributed by atoms with Gasteiger partial charge in [0, 0.05) is 12.8 Å². The lowest BCUT2D eigenvalue weighted by atomic mass is 10.1. The summed E-state index contributed by atoms with van der Waals surface area (Å²) < 4.78 is 33.7. The first-order valence-electron chi connectivity index (χ1n) is 20.3. The molecule has 52 heavy (non-hydrogen) atoms. The maximum Gasteiger partial charge on any atom is 0.306 e. The number of rotatable bonds is 36. The lowest BCUT2D eigenvalue weighted by molar-refractivity contribution is -0.870. The predicted molar refractivity (Wildman–Crippen MR) is 213 cm³/mol. The van der Waals surface area contributed by atoms with Crippen LogP contribution in [0.1, 0.15) is 155 Å². The number of likely N-dealkylation sites (N-methyl/N-ethyl adjacent to an activating group) is 1.